The summed E-state index contributed by atoms with van der Waals surface area (Å²) in [6.07, 6.45) is 0. The van der Waals surface area contributed by atoms with E-state index in [1.165, 1.54) is 11.9 Å². The number of H-pyrrole nitrogens is 1. The average molecular weight is 334 g/mol. The molecule has 0 atom stereocenters. The molecule has 3 aromatic rings. The average Bonchev–Trinajstić information content (AvgIpc) is 3.11. The van der Waals surface area contributed by atoms with Gasteiger partial charge in [-0.05, 0) is 35.5 Å². The van der Waals surface area contributed by atoms with E-state index in [-0.39, 0.29) is 10.6 Å². The van der Waals surface area contributed by atoms with E-state index in [0.717, 1.165) is 16.7 Å². The molecule has 0 aliphatic heterocycles. The molecule has 6 nitrogen and oxygen atoms in total. The molecule has 0 aliphatic rings. The van der Waals surface area contributed by atoms with Crippen molar-refractivity contribution in [3.8, 4) is 0 Å². The molecule has 22 heavy (non-hydrogen) atoms. The lowest BCUT2D eigenvalue weighted by Gasteiger charge is -2.06. The Hall–Kier alpha value is -2.45. The van der Waals surface area contributed by atoms with Gasteiger partial charge in [0.05, 0.1) is 16.1 Å². The number of rotatable bonds is 5. The third-order valence-corrected chi connectivity index (χ3v) is 4.89. The van der Waals surface area contributed by atoms with Gasteiger partial charge in [0.1, 0.15) is 10.6 Å². The number of aromatic nitrogens is 1. The maximum Gasteiger partial charge on any atom is 0.352 e. The fourth-order valence-corrected chi connectivity index (χ4v) is 3.69. The van der Waals surface area contributed by atoms with E-state index in [9.17, 15) is 9.59 Å². The first kappa shape index (κ1) is 14.5. The minimum absolute atomic E-state index is 0.107. The van der Waals surface area contributed by atoms with Gasteiger partial charge in [-0.25, -0.2) is 9.59 Å². The number of aromatic amines is 1. The molecule has 2 heterocycles. The third-order valence-electron chi connectivity index (χ3n) is 2.98. The van der Waals surface area contributed by atoms with Crippen molar-refractivity contribution < 1.29 is 19.8 Å². The number of carboxylic acid groups (broad SMARTS) is 2. The van der Waals surface area contributed by atoms with Gasteiger partial charge in [0.15, 0.2) is 0 Å². The van der Waals surface area contributed by atoms with Crippen LogP contribution in [0.3, 0.4) is 0 Å². The molecule has 8 heteroatoms. The number of benzene rings is 1. The number of thiophene rings is 1. The second kappa shape index (κ2) is 5.74. The smallest absolute Gasteiger partial charge is 0.352 e. The van der Waals surface area contributed by atoms with Gasteiger partial charge in [-0.15, -0.1) is 11.3 Å². The quantitative estimate of drug-likeness (QED) is 0.530. The maximum absolute atomic E-state index is 11.1. The lowest BCUT2D eigenvalue weighted by Crippen LogP contribution is -1.96. The van der Waals surface area contributed by atoms with Crippen LogP contribution in [0.4, 0.5) is 5.69 Å². The molecule has 0 bridgehead atoms. The van der Waals surface area contributed by atoms with Crippen LogP contribution >= 0.6 is 23.3 Å². The van der Waals surface area contributed by atoms with Crippen molar-refractivity contribution >= 4 is 51.8 Å². The van der Waals surface area contributed by atoms with Gasteiger partial charge < -0.3 is 19.9 Å². The van der Waals surface area contributed by atoms with Crippen LogP contribution < -0.4 is 4.72 Å². The third kappa shape index (κ3) is 2.66. The fraction of sp³-hybridized carbons (Fsp3) is 0. The van der Waals surface area contributed by atoms with Crippen LogP contribution in [-0.4, -0.2) is 27.1 Å². The van der Waals surface area contributed by atoms with E-state index in [1.54, 1.807) is 35.7 Å². The summed E-state index contributed by atoms with van der Waals surface area (Å²) in [6, 6.07) is 8.69. The second-order valence-electron chi connectivity index (χ2n) is 4.38. The van der Waals surface area contributed by atoms with E-state index in [2.05, 4.69) is 9.71 Å². The predicted octanol–water partition coefficient (Wildman–Crippen LogP) is 3.75. The lowest BCUT2D eigenvalue weighted by atomic mass is 10.2. The van der Waals surface area contributed by atoms with Crippen molar-refractivity contribution in [2.75, 3.05) is 4.72 Å². The number of aromatic carboxylic acids is 2. The summed E-state index contributed by atoms with van der Waals surface area (Å²) in [5.41, 5.74) is 1.47. The number of hydrogen-bond acceptors (Lipinski definition) is 5. The van der Waals surface area contributed by atoms with E-state index in [1.807, 2.05) is 0 Å². The first-order chi connectivity index (χ1) is 10.6. The van der Waals surface area contributed by atoms with Gasteiger partial charge in [-0.2, -0.15) is 0 Å². The van der Waals surface area contributed by atoms with E-state index in [0.29, 0.717) is 16.1 Å². The van der Waals surface area contributed by atoms with Crippen molar-refractivity contribution in [1.82, 2.24) is 4.98 Å². The van der Waals surface area contributed by atoms with Gasteiger partial charge in [-0.3, -0.25) is 0 Å². The summed E-state index contributed by atoms with van der Waals surface area (Å²) < 4.78 is 3.07. The summed E-state index contributed by atoms with van der Waals surface area (Å²) in [4.78, 5) is 25.8. The van der Waals surface area contributed by atoms with Crippen LogP contribution in [0.5, 0.6) is 0 Å². The van der Waals surface area contributed by atoms with Crippen molar-refractivity contribution in [2.45, 2.75) is 4.90 Å². The van der Waals surface area contributed by atoms with Crippen LogP contribution in [0, 0.1) is 0 Å². The standard InChI is InChI=1S/C14H10N2O4S2/c17-13(18)9-6-7-2-1-3-8(11(7)15-9)16-22-10-4-5-21-12(10)14(19)20/h1-6,15-16H,(H,17,18)(H,19,20). The van der Waals surface area contributed by atoms with Crippen LogP contribution in [0.15, 0.2) is 40.6 Å². The number of anilines is 1. The summed E-state index contributed by atoms with van der Waals surface area (Å²) in [7, 11) is 0. The molecule has 112 valence electrons. The Morgan fingerprint density at radius 1 is 1.18 bits per heavy atom. The number of para-hydroxylation sites is 1. The topological polar surface area (TPSA) is 102 Å². The van der Waals surface area contributed by atoms with Gasteiger partial charge >= 0.3 is 11.9 Å². The maximum atomic E-state index is 11.1. The molecule has 0 unspecified atom stereocenters. The Kier molecular flexibility index (Phi) is 3.78. The SMILES string of the molecule is O=C(O)c1cc2cccc(NSc3ccsc3C(=O)O)c2[nH]1. The van der Waals surface area contributed by atoms with Crippen LogP contribution in [0.2, 0.25) is 0 Å². The number of nitrogens with one attached hydrogen (secondary N) is 2. The Morgan fingerprint density at radius 2 is 2.00 bits per heavy atom. The zero-order chi connectivity index (χ0) is 15.7. The van der Waals surface area contributed by atoms with E-state index < -0.39 is 11.9 Å². The number of hydrogen-bond donors (Lipinski definition) is 4. The van der Waals surface area contributed by atoms with Crippen molar-refractivity contribution in [1.29, 1.82) is 0 Å². The largest absolute Gasteiger partial charge is 0.477 e. The molecule has 0 amide bonds. The summed E-state index contributed by atoms with van der Waals surface area (Å²) in [5.74, 6) is -1.99. The molecule has 0 fully saturated rings. The first-order valence-corrected chi connectivity index (χ1v) is 7.84. The van der Waals surface area contributed by atoms with Gasteiger partial charge in [0.25, 0.3) is 0 Å². The second-order valence-corrected chi connectivity index (χ2v) is 6.15. The van der Waals surface area contributed by atoms with Crippen LogP contribution in [0.1, 0.15) is 20.2 Å². The number of carboxylic acids is 2. The predicted molar refractivity (Wildman–Crippen MR) is 86.0 cm³/mol. The zero-order valence-corrected chi connectivity index (χ0v) is 12.6. The van der Waals surface area contributed by atoms with Crippen molar-refractivity contribution in [3.05, 3.63) is 46.3 Å². The Bertz CT molecular complexity index is 869. The highest BCUT2D eigenvalue weighted by molar-refractivity contribution is 8.00. The Labute approximate surface area is 132 Å². The Morgan fingerprint density at radius 3 is 2.73 bits per heavy atom. The van der Waals surface area contributed by atoms with E-state index in [4.69, 9.17) is 10.2 Å². The van der Waals surface area contributed by atoms with Crippen LogP contribution in [0.25, 0.3) is 10.9 Å². The Balaban J connectivity index is 1.89. The molecular formula is C14H10N2O4S2. The van der Waals surface area contributed by atoms with Gasteiger partial charge in [0.2, 0.25) is 0 Å². The van der Waals surface area contributed by atoms with E-state index >= 15 is 0 Å². The number of fused-ring (bicyclic) bond motifs is 1. The van der Waals surface area contributed by atoms with Crippen molar-refractivity contribution in [2.24, 2.45) is 0 Å². The highest BCUT2D eigenvalue weighted by Gasteiger charge is 2.14. The molecule has 0 radical (unpaired) electrons. The summed E-state index contributed by atoms with van der Waals surface area (Å²) in [5, 5.41) is 20.6. The molecule has 0 saturated heterocycles. The molecule has 0 spiro atoms. The van der Waals surface area contributed by atoms with Gasteiger partial charge in [0, 0.05) is 5.39 Å². The molecule has 2 aromatic heterocycles. The molecular weight excluding hydrogens is 324 g/mol. The first-order valence-electron chi connectivity index (χ1n) is 6.15. The monoisotopic (exact) mass is 334 g/mol. The minimum atomic E-state index is -1.03. The molecule has 0 saturated carbocycles. The fourth-order valence-electron chi connectivity index (χ4n) is 2.00. The molecule has 1 aromatic carbocycles. The molecule has 4 N–H and O–H groups in total. The summed E-state index contributed by atoms with van der Waals surface area (Å²) in [6.45, 7) is 0. The normalized spacial score (nSPS) is 10.7. The van der Waals surface area contributed by atoms with Crippen molar-refractivity contribution in [3.63, 3.8) is 0 Å². The molecule has 0 aliphatic carbocycles. The number of carbonyl (C=O) groups is 2. The van der Waals surface area contributed by atoms with Gasteiger partial charge in [-0.1, -0.05) is 12.1 Å². The minimum Gasteiger partial charge on any atom is -0.477 e. The lowest BCUT2D eigenvalue weighted by molar-refractivity contribution is 0.0684. The zero-order valence-electron chi connectivity index (χ0n) is 11.0. The molecule has 3 rings (SSSR count). The summed E-state index contributed by atoms with van der Waals surface area (Å²) >= 11 is 2.34. The van der Waals surface area contributed by atoms with Crippen LogP contribution in [-0.2, 0) is 0 Å². The highest BCUT2D eigenvalue weighted by atomic mass is 32.2. The highest BCUT2D eigenvalue weighted by Crippen LogP contribution is 2.31.